The minimum Gasteiger partial charge on any atom is -0.481 e. The van der Waals surface area contributed by atoms with Gasteiger partial charge in [0.15, 0.2) is 0 Å². The van der Waals surface area contributed by atoms with Crippen LogP contribution in [0.2, 0.25) is 0 Å². The highest BCUT2D eigenvalue weighted by atomic mass is 16.5. The van der Waals surface area contributed by atoms with Gasteiger partial charge >= 0.3 is 0 Å². The Labute approximate surface area is 105 Å². The van der Waals surface area contributed by atoms with Crippen molar-refractivity contribution in [1.82, 2.24) is 15.0 Å². The zero-order valence-corrected chi connectivity index (χ0v) is 10.1. The van der Waals surface area contributed by atoms with E-state index in [1.165, 1.54) is 0 Å². The number of rotatable bonds is 5. The molecule has 0 bridgehead atoms. The predicted molar refractivity (Wildman–Crippen MR) is 68.0 cm³/mol. The fraction of sp³-hybridized carbons (Fsp3) is 0.250. The van der Waals surface area contributed by atoms with Crippen molar-refractivity contribution in [2.75, 3.05) is 12.4 Å². The molecule has 2 aromatic rings. The van der Waals surface area contributed by atoms with Crippen LogP contribution in [0.1, 0.15) is 11.4 Å². The second kappa shape index (κ2) is 5.92. The summed E-state index contributed by atoms with van der Waals surface area (Å²) in [6, 6.07) is 5.57. The molecular weight excluding hydrogens is 230 g/mol. The van der Waals surface area contributed by atoms with Gasteiger partial charge in [-0.15, -0.1) is 0 Å². The van der Waals surface area contributed by atoms with Gasteiger partial charge in [0.05, 0.1) is 13.7 Å². The van der Waals surface area contributed by atoms with Crippen LogP contribution in [-0.4, -0.2) is 22.1 Å². The molecule has 2 aromatic heterocycles. The van der Waals surface area contributed by atoms with Crippen LogP contribution in [0.4, 0.5) is 5.82 Å². The van der Waals surface area contributed by atoms with Gasteiger partial charge in [0.2, 0.25) is 5.88 Å². The van der Waals surface area contributed by atoms with Crippen molar-refractivity contribution in [3.63, 3.8) is 0 Å². The number of hydrogen-bond acceptors (Lipinski definition) is 6. The fourth-order valence-corrected chi connectivity index (χ4v) is 1.42. The van der Waals surface area contributed by atoms with Crippen LogP contribution >= 0.6 is 0 Å². The van der Waals surface area contributed by atoms with Crippen LogP contribution in [0.25, 0.3) is 0 Å². The van der Waals surface area contributed by atoms with Gasteiger partial charge < -0.3 is 15.8 Å². The summed E-state index contributed by atoms with van der Waals surface area (Å²) in [6.45, 7) is 0.970. The smallest absolute Gasteiger partial charge is 0.212 e. The van der Waals surface area contributed by atoms with Crippen molar-refractivity contribution >= 4 is 5.82 Å². The van der Waals surface area contributed by atoms with Gasteiger partial charge in [-0.1, -0.05) is 6.07 Å². The first kappa shape index (κ1) is 12.3. The molecule has 0 aliphatic heterocycles. The van der Waals surface area contributed by atoms with Crippen LogP contribution in [0.15, 0.2) is 30.6 Å². The number of methoxy groups -OCH3 is 1. The van der Waals surface area contributed by atoms with Gasteiger partial charge in [-0.25, -0.2) is 15.0 Å². The number of nitrogens with two attached hydrogens (primary N) is 1. The van der Waals surface area contributed by atoms with Crippen LogP contribution in [0.3, 0.4) is 0 Å². The number of ether oxygens (including phenoxy) is 1. The van der Waals surface area contributed by atoms with E-state index in [0.717, 1.165) is 11.4 Å². The van der Waals surface area contributed by atoms with Gasteiger partial charge in [0, 0.05) is 25.0 Å². The van der Waals surface area contributed by atoms with Gasteiger partial charge in [-0.2, -0.15) is 0 Å². The highest BCUT2D eigenvalue weighted by molar-refractivity contribution is 5.34. The first-order chi connectivity index (χ1) is 8.81. The minimum absolute atomic E-state index is 0.333. The molecule has 0 saturated carbocycles. The molecule has 0 spiro atoms. The first-order valence-electron chi connectivity index (χ1n) is 5.56. The zero-order valence-electron chi connectivity index (χ0n) is 10.1. The van der Waals surface area contributed by atoms with E-state index in [9.17, 15) is 0 Å². The molecule has 0 amide bonds. The Hall–Kier alpha value is -2.21. The summed E-state index contributed by atoms with van der Waals surface area (Å²) in [7, 11) is 1.59. The number of hydrogen-bond donors (Lipinski definition) is 2. The quantitative estimate of drug-likeness (QED) is 0.815. The summed E-state index contributed by atoms with van der Waals surface area (Å²) in [6.07, 6.45) is 3.45. The lowest BCUT2D eigenvalue weighted by molar-refractivity contribution is 0.397. The fourth-order valence-electron chi connectivity index (χ4n) is 1.42. The third kappa shape index (κ3) is 3.14. The summed E-state index contributed by atoms with van der Waals surface area (Å²) in [5, 5.41) is 3.19. The van der Waals surface area contributed by atoms with Gasteiger partial charge in [-0.05, 0) is 11.6 Å². The Kier molecular flexibility index (Phi) is 4.03. The SMILES string of the molecule is COc1ccc(CNc2ccnc(CN)n2)cn1. The standard InChI is InChI=1S/C12H15N5O/c1-18-12-3-2-9(8-16-12)7-15-10-4-5-14-11(6-13)17-10/h2-5,8H,6-7,13H2,1H3,(H,14,15,17). The van der Waals surface area contributed by atoms with Crippen molar-refractivity contribution in [2.45, 2.75) is 13.1 Å². The molecule has 6 heteroatoms. The highest BCUT2D eigenvalue weighted by Crippen LogP contribution is 2.09. The molecular formula is C12H15N5O. The van der Waals surface area contributed by atoms with Crippen molar-refractivity contribution in [3.05, 3.63) is 42.0 Å². The van der Waals surface area contributed by atoms with Gasteiger partial charge in [0.25, 0.3) is 0 Å². The van der Waals surface area contributed by atoms with Crippen LogP contribution in [0.5, 0.6) is 5.88 Å². The number of anilines is 1. The summed E-state index contributed by atoms with van der Waals surface area (Å²) in [4.78, 5) is 12.4. The zero-order chi connectivity index (χ0) is 12.8. The monoisotopic (exact) mass is 245 g/mol. The van der Waals surface area contributed by atoms with E-state index >= 15 is 0 Å². The second-order valence-electron chi connectivity index (χ2n) is 3.62. The Balaban J connectivity index is 1.97. The average Bonchev–Trinajstić information content (AvgIpc) is 2.46. The highest BCUT2D eigenvalue weighted by Gasteiger charge is 1.99. The van der Waals surface area contributed by atoms with Crippen molar-refractivity contribution in [3.8, 4) is 5.88 Å². The molecule has 0 aromatic carbocycles. The molecule has 0 radical (unpaired) electrons. The molecule has 6 nitrogen and oxygen atoms in total. The first-order valence-corrected chi connectivity index (χ1v) is 5.56. The van der Waals surface area contributed by atoms with E-state index in [1.807, 2.05) is 12.1 Å². The van der Waals surface area contributed by atoms with Gasteiger partial charge in [-0.3, -0.25) is 0 Å². The summed E-state index contributed by atoms with van der Waals surface area (Å²) in [5.74, 6) is 1.97. The maximum Gasteiger partial charge on any atom is 0.212 e. The minimum atomic E-state index is 0.333. The maximum atomic E-state index is 5.48. The summed E-state index contributed by atoms with van der Waals surface area (Å²) < 4.78 is 5.00. The van der Waals surface area contributed by atoms with Crippen molar-refractivity contribution < 1.29 is 4.74 Å². The lowest BCUT2D eigenvalue weighted by Crippen LogP contribution is -2.07. The van der Waals surface area contributed by atoms with E-state index in [2.05, 4.69) is 20.3 Å². The number of aromatic nitrogens is 3. The van der Waals surface area contributed by atoms with E-state index in [4.69, 9.17) is 10.5 Å². The Bertz CT molecular complexity index is 500. The summed E-state index contributed by atoms with van der Waals surface area (Å²) in [5.41, 5.74) is 6.53. The van der Waals surface area contributed by atoms with Crippen LogP contribution in [-0.2, 0) is 13.1 Å². The molecule has 3 N–H and O–H groups in total. The lowest BCUT2D eigenvalue weighted by Gasteiger charge is -2.06. The second-order valence-corrected chi connectivity index (χ2v) is 3.62. The number of nitrogens with zero attached hydrogens (tertiary/aromatic N) is 3. The summed E-state index contributed by atoms with van der Waals surface area (Å²) >= 11 is 0. The molecule has 0 fully saturated rings. The van der Waals surface area contributed by atoms with Crippen molar-refractivity contribution in [1.29, 1.82) is 0 Å². The average molecular weight is 245 g/mol. The molecule has 0 saturated heterocycles. The van der Waals surface area contributed by atoms with Gasteiger partial charge in [0.1, 0.15) is 11.6 Å². The van der Waals surface area contributed by atoms with Crippen molar-refractivity contribution in [2.24, 2.45) is 5.73 Å². The Morgan fingerprint density at radius 3 is 2.83 bits per heavy atom. The molecule has 0 unspecified atom stereocenters. The number of pyridine rings is 1. The van der Waals surface area contributed by atoms with Crippen LogP contribution in [0, 0.1) is 0 Å². The molecule has 0 atom stereocenters. The van der Waals surface area contributed by atoms with E-state index in [1.54, 1.807) is 25.6 Å². The van der Waals surface area contributed by atoms with E-state index in [-0.39, 0.29) is 0 Å². The van der Waals surface area contributed by atoms with Crippen LogP contribution < -0.4 is 15.8 Å². The largest absolute Gasteiger partial charge is 0.481 e. The molecule has 2 rings (SSSR count). The third-order valence-electron chi connectivity index (χ3n) is 2.37. The maximum absolute atomic E-state index is 5.48. The Morgan fingerprint density at radius 2 is 2.17 bits per heavy atom. The third-order valence-corrected chi connectivity index (χ3v) is 2.37. The molecule has 0 aliphatic rings. The number of nitrogens with one attached hydrogen (secondary N) is 1. The lowest BCUT2D eigenvalue weighted by atomic mass is 10.3. The molecule has 18 heavy (non-hydrogen) atoms. The molecule has 0 aliphatic carbocycles. The Morgan fingerprint density at radius 1 is 1.28 bits per heavy atom. The van der Waals surface area contributed by atoms with E-state index < -0.39 is 0 Å². The predicted octanol–water partition coefficient (Wildman–Crippen LogP) is 0.951. The normalized spacial score (nSPS) is 10.1. The molecule has 94 valence electrons. The topological polar surface area (TPSA) is 86.0 Å². The van der Waals surface area contributed by atoms with E-state index in [0.29, 0.717) is 24.8 Å². The molecule has 2 heterocycles.